The summed E-state index contributed by atoms with van der Waals surface area (Å²) in [6.45, 7) is -0.428. The molecule has 0 saturated heterocycles. The van der Waals surface area contributed by atoms with Gasteiger partial charge in [-0.25, -0.2) is 8.42 Å². The van der Waals surface area contributed by atoms with Gasteiger partial charge in [0, 0.05) is 0 Å². The van der Waals surface area contributed by atoms with Gasteiger partial charge in [0.05, 0.1) is 17.0 Å². The minimum atomic E-state index is -3.59. The molecule has 0 aliphatic heterocycles. The van der Waals surface area contributed by atoms with Crippen LogP contribution in [0.25, 0.3) is 0 Å². The van der Waals surface area contributed by atoms with Crippen molar-refractivity contribution in [3.63, 3.8) is 0 Å². The fourth-order valence-electron chi connectivity index (χ4n) is 1.18. The number of benzene rings is 1. The Balaban J connectivity index is 3.22. The van der Waals surface area contributed by atoms with E-state index in [1.165, 1.54) is 12.1 Å². The van der Waals surface area contributed by atoms with Crippen LogP contribution in [0.15, 0.2) is 24.3 Å². The van der Waals surface area contributed by atoms with Gasteiger partial charge in [-0.2, -0.15) is 0 Å². The van der Waals surface area contributed by atoms with E-state index in [1.807, 2.05) is 0 Å². The second kappa shape index (κ2) is 4.71. The Morgan fingerprint density at radius 2 is 2.00 bits per heavy atom. The minimum Gasteiger partial charge on any atom is -0.368 e. The van der Waals surface area contributed by atoms with Crippen LogP contribution in [0.1, 0.15) is 0 Å². The SMILES string of the molecule is CS(=O)(=O)N(CC(N)=O)c1ccccc1Cl. The van der Waals surface area contributed by atoms with Crippen LogP contribution in [0.3, 0.4) is 0 Å². The maximum atomic E-state index is 11.5. The molecule has 7 heteroatoms. The molecule has 1 aromatic rings. The zero-order valence-corrected chi connectivity index (χ0v) is 10.1. The summed E-state index contributed by atoms with van der Waals surface area (Å²) in [7, 11) is -3.59. The van der Waals surface area contributed by atoms with Crippen LogP contribution < -0.4 is 10.0 Å². The summed E-state index contributed by atoms with van der Waals surface area (Å²) >= 11 is 5.85. The minimum absolute atomic E-state index is 0.241. The van der Waals surface area contributed by atoms with Crippen molar-refractivity contribution in [1.29, 1.82) is 0 Å². The van der Waals surface area contributed by atoms with E-state index < -0.39 is 22.5 Å². The molecule has 0 aliphatic carbocycles. The van der Waals surface area contributed by atoms with Crippen molar-refractivity contribution >= 4 is 33.2 Å². The molecule has 1 amide bonds. The molecule has 0 heterocycles. The monoisotopic (exact) mass is 262 g/mol. The molecule has 0 radical (unpaired) electrons. The van der Waals surface area contributed by atoms with Gasteiger partial charge in [-0.1, -0.05) is 23.7 Å². The summed E-state index contributed by atoms with van der Waals surface area (Å²) in [5, 5.41) is 0.245. The average Bonchev–Trinajstić information content (AvgIpc) is 2.13. The molecule has 1 aromatic carbocycles. The van der Waals surface area contributed by atoms with Gasteiger partial charge in [-0.05, 0) is 12.1 Å². The Labute approximate surface area is 98.9 Å². The van der Waals surface area contributed by atoms with Gasteiger partial charge in [0.25, 0.3) is 0 Å². The topological polar surface area (TPSA) is 80.5 Å². The van der Waals surface area contributed by atoms with Crippen LogP contribution in [0.2, 0.25) is 5.02 Å². The lowest BCUT2D eigenvalue weighted by Gasteiger charge is -2.21. The van der Waals surface area contributed by atoms with Crippen molar-refractivity contribution in [1.82, 2.24) is 0 Å². The first-order valence-electron chi connectivity index (χ1n) is 4.33. The number of halogens is 1. The quantitative estimate of drug-likeness (QED) is 0.862. The van der Waals surface area contributed by atoms with E-state index in [0.717, 1.165) is 10.6 Å². The highest BCUT2D eigenvalue weighted by Crippen LogP contribution is 2.26. The highest BCUT2D eigenvalue weighted by Gasteiger charge is 2.21. The predicted octanol–water partition coefficient (Wildman–Crippen LogP) is 0.591. The third-order valence-corrected chi connectivity index (χ3v) is 3.27. The van der Waals surface area contributed by atoms with Crippen LogP contribution in [-0.2, 0) is 14.8 Å². The molecule has 16 heavy (non-hydrogen) atoms. The standard InChI is InChI=1S/C9H11ClN2O3S/c1-16(14,15)12(6-9(11)13)8-5-3-2-4-7(8)10/h2-5H,6H2,1H3,(H2,11,13). The van der Waals surface area contributed by atoms with Crippen molar-refractivity contribution in [3.05, 3.63) is 29.3 Å². The highest BCUT2D eigenvalue weighted by atomic mass is 35.5. The third kappa shape index (κ3) is 3.11. The predicted molar refractivity (Wildman–Crippen MR) is 62.8 cm³/mol. The van der Waals surface area contributed by atoms with Crippen LogP contribution in [0.5, 0.6) is 0 Å². The third-order valence-electron chi connectivity index (χ3n) is 1.82. The molecule has 88 valence electrons. The molecule has 0 atom stereocenters. The summed E-state index contributed by atoms with van der Waals surface area (Å²) in [4.78, 5) is 10.8. The lowest BCUT2D eigenvalue weighted by Crippen LogP contribution is -2.38. The zero-order valence-electron chi connectivity index (χ0n) is 8.55. The number of carbonyl (C=O) groups excluding carboxylic acids is 1. The van der Waals surface area contributed by atoms with E-state index in [-0.39, 0.29) is 10.7 Å². The summed E-state index contributed by atoms with van der Waals surface area (Å²) in [5.41, 5.74) is 5.23. The number of amides is 1. The molecule has 0 fully saturated rings. The van der Waals surface area contributed by atoms with Crippen molar-refractivity contribution in [2.75, 3.05) is 17.1 Å². The van der Waals surface area contributed by atoms with E-state index in [9.17, 15) is 13.2 Å². The Hall–Kier alpha value is -1.27. The number of para-hydroxylation sites is 1. The number of primary amides is 1. The zero-order chi connectivity index (χ0) is 12.3. The van der Waals surface area contributed by atoms with Crippen molar-refractivity contribution < 1.29 is 13.2 Å². The molecule has 5 nitrogen and oxygen atoms in total. The van der Waals surface area contributed by atoms with Crippen LogP contribution >= 0.6 is 11.6 Å². The van der Waals surface area contributed by atoms with Crippen LogP contribution in [0.4, 0.5) is 5.69 Å². The van der Waals surface area contributed by atoms with E-state index in [4.69, 9.17) is 17.3 Å². The van der Waals surface area contributed by atoms with Gasteiger partial charge >= 0.3 is 0 Å². The second-order valence-electron chi connectivity index (χ2n) is 3.19. The first kappa shape index (κ1) is 12.8. The van der Waals surface area contributed by atoms with Gasteiger partial charge in [0.2, 0.25) is 15.9 Å². The Morgan fingerprint density at radius 3 is 2.44 bits per heavy atom. The lowest BCUT2D eigenvalue weighted by molar-refractivity contribution is -0.116. The summed E-state index contributed by atoms with van der Waals surface area (Å²) < 4.78 is 23.8. The van der Waals surface area contributed by atoms with E-state index in [1.54, 1.807) is 12.1 Å². The summed E-state index contributed by atoms with van der Waals surface area (Å²) in [6, 6.07) is 6.33. The number of hydrogen-bond acceptors (Lipinski definition) is 3. The number of carbonyl (C=O) groups is 1. The summed E-state index contributed by atoms with van der Waals surface area (Å²) in [5.74, 6) is -0.745. The Bertz CT molecular complexity index is 501. The molecule has 0 saturated carbocycles. The largest absolute Gasteiger partial charge is 0.368 e. The lowest BCUT2D eigenvalue weighted by atomic mass is 10.3. The Morgan fingerprint density at radius 1 is 1.44 bits per heavy atom. The molecule has 0 aliphatic rings. The molecule has 2 N–H and O–H groups in total. The number of sulfonamides is 1. The second-order valence-corrected chi connectivity index (χ2v) is 5.50. The van der Waals surface area contributed by atoms with Gasteiger partial charge in [0.15, 0.2) is 0 Å². The van der Waals surface area contributed by atoms with Gasteiger partial charge in [-0.15, -0.1) is 0 Å². The summed E-state index contributed by atoms with van der Waals surface area (Å²) in [6.07, 6.45) is 0.985. The smallest absolute Gasteiger partial charge is 0.238 e. The molecular formula is C9H11ClN2O3S. The van der Waals surface area contributed by atoms with E-state index in [2.05, 4.69) is 0 Å². The Kier molecular flexibility index (Phi) is 3.77. The van der Waals surface area contributed by atoms with Gasteiger partial charge < -0.3 is 5.73 Å². The van der Waals surface area contributed by atoms with E-state index in [0.29, 0.717) is 0 Å². The van der Waals surface area contributed by atoms with Gasteiger partial charge in [0.1, 0.15) is 6.54 Å². The molecule has 1 rings (SSSR count). The molecule has 0 spiro atoms. The average molecular weight is 263 g/mol. The molecule has 0 aromatic heterocycles. The number of anilines is 1. The first-order chi connectivity index (χ1) is 7.32. The molecular weight excluding hydrogens is 252 g/mol. The highest BCUT2D eigenvalue weighted by molar-refractivity contribution is 7.92. The van der Waals surface area contributed by atoms with Crippen molar-refractivity contribution in [2.24, 2.45) is 5.73 Å². The first-order valence-corrected chi connectivity index (χ1v) is 6.55. The number of nitrogens with zero attached hydrogens (tertiary/aromatic N) is 1. The van der Waals surface area contributed by atoms with Crippen LogP contribution in [0, 0.1) is 0 Å². The number of rotatable bonds is 4. The van der Waals surface area contributed by atoms with E-state index >= 15 is 0 Å². The molecule has 0 unspecified atom stereocenters. The fourth-order valence-corrected chi connectivity index (χ4v) is 2.34. The number of hydrogen-bond donors (Lipinski definition) is 1. The maximum absolute atomic E-state index is 11.5. The normalized spacial score (nSPS) is 11.1. The molecule has 0 bridgehead atoms. The van der Waals surface area contributed by atoms with Crippen molar-refractivity contribution in [2.45, 2.75) is 0 Å². The van der Waals surface area contributed by atoms with Gasteiger partial charge in [-0.3, -0.25) is 9.10 Å². The van der Waals surface area contributed by atoms with Crippen LogP contribution in [-0.4, -0.2) is 27.1 Å². The number of nitrogens with two attached hydrogens (primary N) is 1. The van der Waals surface area contributed by atoms with Crippen molar-refractivity contribution in [3.8, 4) is 0 Å². The maximum Gasteiger partial charge on any atom is 0.238 e. The fraction of sp³-hybridized carbons (Fsp3) is 0.222.